The number of nitrogens with zero attached hydrogens (tertiary/aromatic N) is 2. The van der Waals surface area contributed by atoms with Crippen LogP contribution in [0, 0.1) is 0 Å². The van der Waals surface area contributed by atoms with Crippen LogP contribution in [0.2, 0.25) is 0 Å². The summed E-state index contributed by atoms with van der Waals surface area (Å²) in [6.07, 6.45) is 0.589. The molecule has 20 heavy (non-hydrogen) atoms. The molecule has 110 valence electrons. The van der Waals surface area contributed by atoms with Crippen LogP contribution in [0.4, 0.5) is 0 Å². The van der Waals surface area contributed by atoms with Crippen LogP contribution in [0.5, 0.6) is 5.75 Å². The number of ether oxygens (including phenoxy) is 1. The third kappa shape index (κ3) is 4.91. The van der Waals surface area contributed by atoms with Gasteiger partial charge in [-0.2, -0.15) is 0 Å². The quantitative estimate of drug-likeness (QED) is 0.493. The smallest absolute Gasteiger partial charge is 0.260 e. The number of carbonyl (C=O) groups is 1. The number of likely N-dealkylation sites (N-methyl/N-ethyl adjacent to an activating group) is 1. The predicted molar refractivity (Wildman–Crippen MR) is 78.4 cm³/mol. The minimum absolute atomic E-state index is 0.0329. The molecular formula is C15H22N2O3. The second kappa shape index (κ2) is 7.53. The summed E-state index contributed by atoms with van der Waals surface area (Å²) in [4.78, 5) is 13.4. The van der Waals surface area contributed by atoms with Gasteiger partial charge in [0.2, 0.25) is 0 Å². The summed E-state index contributed by atoms with van der Waals surface area (Å²) < 4.78 is 5.45. The molecule has 0 heterocycles. The molecule has 0 aliphatic carbocycles. The number of amides is 1. The maximum atomic E-state index is 11.8. The highest BCUT2D eigenvalue weighted by molar-refractivity contribution is 5.83. The number of benzene rings is 1. The summed E-state index contributed by atoms with van der Waals surface area (Å²) in [5, 5.41) is 11.8. The second-order valence-electron chi connectivity index (χ2n) is 5.04. The van der Waals surface area contributed by atoms with Gasteiger partial charge in [-0.1, -0.05) is 17.3 Å². The summed E-state index contributed by atoms with van der Waals surface area (Å²) in [6, 6.07) is 7.56. The third-order valence-corrected chi connectivity index (χ3v) is 3.08. The molecular weight excluding hydrogens is 256 g/mol. The Kier molecular flexibility index (Phi) is 6.03. The van der Waals surface area contributed by atoms with Crippen molar-refractivity contribution in [3.63, 3.8) is 0 Å². The molecule has 0 aromatic heterocycles. The second-order valence-corrected chi connectivity index (χ2v) is 5.04. The summed E-state index contributed by atoms with van der Waals surface area (Å²) in [6.45, 7) is 5.70. The Labute approximate surface area is 119 Å². The Morgan fingerprint density at radius 1 is 1.35 bits per heavy atom. The normalized spacial score (nSPS) is 11.6. The number of rotatable bonds is 6. The van der Waals surface area contributed by atoms with Gasteiger partial charge < -0.3 is 14.8 Å². The molecule has 5 nitrogen and oxygen atoms in total. The van der Waals surface area contributed by atoms with Crippen LogP contribution in [0.3, 0.4) is 0 Å². The van der Waals surface area contributed by atoms with E-state index in [2.05, 4.69) is 5.16 Å². The zero-order valence-corrected chi connectivity index (χ0v) is 12.5. The Morgan fingerprint density at radius 3 is 2.45 bits per heavy atom. The summed E-state index contributed by atoms with van der Waals surface area (Å²) in [5.74, 6) is 0.602. The van der Waals surface area contributed by atoms with Crippen LogP contribution < -0.4 is 4.74 Å². The molecule has 0 atom stereocenters. The van der Waals surface area contributed by atoms with Crippen molar-refractivity contribution in [1.82, 2.24) is 4.90 Å². The Morgan fingerprint density at radius 2 is 1.95 bits per heavy atom. The van der Waals surface area contributed by atoms with E-state index in [9.17, 15) is 4.79 Å². The maximum absolute atomic E-state index is 11.8. The van der Waals surface area contributed by atoms with Crippen molar-refractivity contribution < 1.29 is 14.7 Å². The van der Waals surface area contributed by atoms with Crippen LogP contribution >= 0.6 is 0 Å². The van der Waals surface area contributed by atoms with Gasteiger partial charge in [-0.25, -0.2) is 0 Å². The van der Waals surface area contributed by atoms with Crippen molar-refractivity contribution in [2.75, 3.05) is 13.7 Å². The van der Waals surface area contributed by atoms with Crippen LogP contribution in [-0.4, -0.2) is 41.4 Å². The monoisotopic (exact) mass is 278 g/mol. The van der Waals surface area contributed by atoms with Gasteiger partial charge in [-0.3, -0.25) is 4.79 Å². The lowest BCUT2D eigenvalue weighted by Crippen LogP contribution is -2.36. The van der Waals surface area contributed by atoms with E-state index in [1.165, 1.54) is 0 Å². The molecule has 5 heteroatoms. The lowest BCUT2D eigenvalue weighted by molar-refractivity contribution is -0.133. The minimum atomic E-state index is -0.0488. The van der Waals surface area contributed by atoms with Crippen molar-refractivity contribution in [1.29, 1.82) is 0 Å². The van der Waals surface area contributed by atoms with Gasteiger partial charge in [0.1, 0.15) is 5.75 Å². The molecule has 0 fully saturated rings. The molecule has 1 N–H and O–H groups in total. The fourth-order valence-electron chi connectivity index (χ4n) is 1.57. The van der Waals surface area contributed by atoms with Gasteiger partial charge in [0.05, 0.1) is 5.71 Å². The van der Waals surface area contributed by atoms with E-state index in [0.29, 0.717) is 17.9 Å². The van der Waals surface area contributed by atoms with Crippen LogP contribution in [0.25, 0.3) is 0 Å². The van der Waals surface area contributed by atoms with E-state index < -0.39 is 0 Å². The molecule has 0 saturated heterocycles. The molecule has 0 spiro atoms. The van der Waals surface area contributed by atoms with Crippen molar-refractivity contribution in [2.24, 2.45) is 5.16 Å². The van der Waals surface area contributed by atoms with Gasteiger partial charge >= 0.3 is 0 Å². The van der Waals surface area contributed by atoms with Crippen molar-refractivity contribution in [3.8, 4) is 5.75 Å². The molecule has 0 saturated carbocycles. The van der Waals surface area contributed by atoms with Gasteiger partial charge in [0, 0.05) is 19.5 Å². The molecule has 0 bridgehead atoms. The van der Waals surface area contributed by atoms with Gasteiger partial charge in [-0.05, 0) is 38.5 Å². The number of hydrogen-bond acceptors (Lipinski definition) is 4. The Bertz CT molecular complexity index is 467. The first-order valence-electron chi connectivity index (χ1n) is 6.59. The Hall–Kier alpha value is -2.04. The maximum Gasteiger partial charge on any atom is 0.260 e. The largest absolute Gasteiger partial charge is 0.484 e. The first kappa shape index (κ1) is 16.0. The zero-order valence-electron chi connectivity index (χ0n) is 12.5. The average Bonchev–Trinajstić information content (AvgIpc) is 2.45. The number of carbonyl (C=O) groups excluding carboxylic acids is 1. The highest BCUT2D eigenvalue weighted by atomic mass is 16.5. The molecule has 0 radical (unpaired) electrons. The third-order valence-electron chi connectivity index (χ3n) is 3.08. The molecule has 0 unspecified atom stereocenters. The topological polar surface area (TPSA) is 62.1 Å². The van der Waals surface area contributed by atoms with Gasteiger partial charge in [0.15, 0.2) is 6.61 Å². The van der Waals surface area contributed by atoms with Gasteiger partial charge in [-0.15, -0.1) is 0 Å². The van der Waals surface area contributed by atoms with Gasteiger partial charge in [0.25, 0.3) is 5.91 Å². The van der Waals surface area contributed by atoms with Crippen LogP contribution in [0.15, 0.2) is 29.4 Å². The van der Waals surface area contributed by atoms with E-state index in [1.807, 2.05) is 38.1 Å². The van der Waals surface area contributed by atoms with E-state index in [0.717, 1.165) is 5.56 Å². The first-order chi connectivity index (χ1) is 9.43. The van der Waals surface area contributed by atoms with Crippen LogP contribution in [-0.2, 0) is 11.2 Å². The first-order valence-corrected chi connectivity index (χ1v) is 6.59. The predicted octanol–water partition coefficient (Wildman–Crippen LogP) is 2.32. The highest BCUT2D eigenvalue weighted by Gasteiger charge is 2.12. The standard InChI is InChI=1S/C15H22N2O3/c1-11(2)17(4)15(18)10-20-14-7-5-13(6-8-14)9-12(3)16-19/h5-8,11,19H,9-10H2,1-4H3/b16-12+. The fraction of sp³-hybridized carbons (Fsp3) is 0.467. The minimum Gasteiger partial charge on any atom is -0.484 e. The van der Waals surface area contributed by atoms with Crippen LogP contribution in [0.1, 0.15) is 26.3 Å². The highest BCUT2D eigenvalue weighted by Crippen LogP contribution is 2.13. The average molecular weight is 278 g/mol. The Balaban J connectivity index is 2.52. The lowest BCUT2D eigenvalue weighted by Gasteiger charge is -2.21. The summed E-state index contributed by atoms with van der Waals surface area (Å²) in [5.41, 5.74) is 1.67. The molecule has 0 aliphatic heterocycles. The zero-order chi connectivity index (χ0) is 15.1. The fourth-order valence-corrected chi connectivity index (χ4v) is 1.57. The van der Waals surface area contributed by atoms with E-state index in [4.69, 9.17) is 9.94 Å². The van der Waals surface area contributed by atoms with Crippen molar-refractivity contribution in [3.05, 3.63) is 29.8 Å². The molecule has 1 amide bonds. The van der Waals surface area contributed by atoms with E-state index in [1.54, 1.807) is 18.9 Å². The molecule has 0 aliphatic rings. The van der Waals surface area contributed by atoms with Crippen molar-refractivity contribution in [2.45, 2.75) is 33.2 Å². The lowest BCUT2D eigenvalue weighted by atomic mass is 10.1. The SMILES string of the molecule is C/C(Cc1ccc(OCC(=O)N(C)C(C)C)cc1)=N\O. The van der Waals surface area contributed by atoms with E-state index in [-0.39, 0.29) is 18.6 Å². The molecule has 1 rings (SSSR count). The molecule has 1 aromatic rings. The van der Waals surface area contributed by atoms with E-state index >= 15 is 0 Å². The number of oxime groups is 1. The summed E-state index contributed by atoms with van der Waals surface area (Å²) >= 11 is 0. The number of hydrogen-bond donors (Lipinski definition) is 1. The summed E-state index contributed by atoms with van der Waals surface area (Å²) in [7, 11) is 1.76. The molecule has 1 aromatic carbocycles. The van der Waals surface area contributed by atoms with Crippen molar-refractivity contribution >= 4 is 11.6 Å².